The number of nitrogens with zero attached hydrogens (tertiary/aromatic N) is 2. The van der Waals surface area contributed by atoms with Crippen LogP contribution in [0.1, 0.15) is 132 Å². The number of amides is 6. The Hall–Kier alpha value is -5.11. The van der Waals surface area contributed by atoms with Crippen molar-refractivity contribution < 1.29 is 47.8 Å². The van der Waals surface area contributed by atoms with E-state index >= 15 is 0 Å². The normalized spacial score (nSPS) is 16.2. The third-order valence-electron chi connectivity index (χ3n) is 12.5. The van der Waals surface area contributed by atoms with E-state index in [1.165, 1.54) is 9.91 Å². The lowest BCUT2D eigenvalue weighted by Crippen LogP contribution is -2.47. The topological polar surface area (TPSA) is 280 Å². The number of nitrogens with one attached hydrogen (secondary N) is 4. The second-order valence-corrected chi connectivity index (χ2v) is 19.5. The van der Waals surface area contributed by atoms with Crippen molar-refractivity contribution in [3.63, 3.8) is 0 Å². The maximum Gasteiger partial charge on any atom is 0.305 e. The first-order valence-corrected chi connectivity index (χ1v) is 24.2. The fourth-order valence-corrected chi connectivity index (χ4v) is 7.20. The van der Waals surface area contributed by atoms with Gasteiger partial charge in [-0.25, -0.2) is 5.84 Å². The van der Waals surface area contributed by atoms with Gasteiger partial charge in [-0.05, 0) is 127 Å². The second kappa shape index (κ2) is 30.4. The largest absolute Gasteiger partial charge is 0.461 e. The van der Waals surface area contributed by atoms with E-state index in [0.29, 0.717) is 101 Å². The minimum absolute atomic E-state index is 0.0870. The van der Waals surface area contributed by atoms with Gasteiger partial charge in [-0.1, -0.05) is 39.8 Å². The third-order valence-corrected chi connectivity index (χ3v) is 12.5. The Kier molecular flexibility index (Phi) is 26.4. The van der Waals surface area contributed by atoms with Gasteiger partial charge >= 0.3 is 5.97 Å². The highest BCUT2D eigenvalue weighted by atomic mass is 16.5. The maximum atomic E-state index is 13.1. The van der Waals surface area contributed by atoms with Crippen LogP contribution in [0.25, 0.3) is 0 Å². The van der Waals surface area contributed by atoms with Crippen molar-refractivity contribution in [2.24, 2.45) is 41.0 Å². The zero-order valence-corrected chi connectivity index (χ0v) is 42.0. The molecule has 0 heterocycles. The minimum atomic E-state index is -0.854. The average Bonchev–Trinajstić information content (AvgIpc) is 3.29. The zero-order valence-electron chi connectivity index (χ0n) is 42.0. The van der Waals surface area contributed by atoms with Crippen molar-refractivity contribution in [2.45, 2.75) is 150 Å². The lowest BCUT2D eigenvalue weighted by molar-refractivity contribution is -0.144. The fraction of sp³-hybridized carbons (Fsp3) is 0.694. The Balaban J connectivity index is 1.70. The number of ether oxygens (including phenoxy) is 3. The SMILES string of the molecule is CCC(=O)OCc1ccc(NC(=O)C(CCCCN)NC(=O)COCC(=O)NCCC(C)(C)OCCC(C)(C)N(N)/C=C(\N)CNC(=O)C2CCC(CN(C=O)C(=O)CC(C)C(C)C)CC2)cc1. The molecule has 1 fully saturated rings. The molecule has 0 bridgehead atoms. The lowest BCUT2D eigenvalue weighted by Gasteiger charge is -2.36. The smallest absolute Gasteiger partial charge is 0.305 e. The first-order chi connectivity index (χ1) is 32.1. The standard InChI is InChI=1S/C49H83N9O10/c1-9-45(63)67-30-37-15-19-40(20-16-37)55-47(65)41(12-10-11-23-50)56-43(61)32-66-31-42(60)53-24-21-49(7,8)68-25-22-48(5,6)58(52)29-39(51)27-54-46(64)38-17-13-36(14-18-38)28-57(33-59)44(62)26-35(4)34(2)3/h15-16,19-20,29,33-36,38,41H,9-14,17-18,21-28,30-32,50-52H2,1-8H3,(H,53,60)(H,54,64)(H,55,65)(H,56,61)/b39-29-. The van der Waals surface area contributed by atoms with Gasteiger partial charge in [-0.15, -0.1) is 0 Å². The molecule has 0 radical (unpaired) electrons. The van der Waals surface area contributed by atoms with E-state index in [9.17, 15) is 33.6 Å². The molecule has 6 amide bonds. The summed E-state index contributed by atoms with van der Waals surface area (Å²) in [5.41, 5.74) is 12.4. The van der Waals surface area contributed by atoms with Gasteiger partial charge in [0.25, 0.3) is 0 Å². The molecule has 1 aromatic carbocycles. The van der Waals surface area contributed by atoms with Gasteiger partial charge in [0.2, 0.25) is 35.9 Å². The van der Waals surface area contributed by atoms with Gasteiger partial charge < -0.3 is 52.0 Å². The van der Waals surface area contributed by atoms with E-state index in [2.05, 4.69) is 35.1 Å². The maximum absolute atomic E-state index is 13.1. The number of unbranched alkanes of at least 4 members (excludes halogenated alkanes) is 1. The molecule has 0 spiro atoms. The van der Waals surface area contributed by atoms with Crippen LogP contribution >= 0.6 is 0 Å². The van der Waals surface area contributed by atoms with Gasteiger partial charge in [0.05, 0.1) is 17.7 Å². The predicted molar refractivity (Wildman–Crippen MR) is 260 cm³/mol. The number of rotatable bonds is 32. The summed E-state index contributed by atoms with van der Waals surface area (Å²) in [6, 6.07) is 5.98. The Morgan fingerprint density at radius 1 is 0.912 bits per heavy atom. The molecular formula is C49H83N9O10. The van der Waals surface area contributed by atoms with Crippen molar-refractivity contribution in [3.05, 3.63) is 41.7 Å². The van der Waals surface area contributed by atoms with Crippen LogP contribution in [0.2, 0.25) is 0 Å². The number of benzene rings is 1. The number of hydrogen-bond donors (Lipinski definition) is 7. The molecule has 2 unspecified atom stereocenters. The van der Waals surface area contributed by atoms with Crippen molar-refractivity contribution in [2.75, 3.05) is 51.3 Å². The van der Waals surface area contributed by atoms with Gasteiger partial charge in [-0.3, -0.25) is 38.5 Å². The molecule has 1 saturated carbocycles. The number of nitrogens with two attached hydrogens (primary N) is 3. The molecule has 1 aromatic rings. The summed E-state index contributed by atoms with van der Waals surface area (Å²) in [7, 11) is 0. The number of hydrazine groups is 1. The van der Waals surface area contributed by atoms with Crippen LogP contribution in [0.15, 0.2) is 36.2 Å². The number of esters is 1. The number of imide groups is 1. The zero-order chi connectivity index (χ0) is 50.9. The number of carbonyl (C=O) groups is 7. The van der Waals surface area contributed by atoms with Crippen LogP contribution in [-0.2, 0) is 54.4 Å². The Morgan fingerprint density at radius 3 is 2.19 bits per heavy atom. The Bertz CT molecular complexity index is 1780. The first kappa shape index (κ1) is 59.0. The molecule has 0 saturated heterocycles. The molecule has 68 heavy (non-hydrogen) atoms. The summed E-state index contributed by atoms with van der Waals surface area (Å²) in [6.07, 6.45) is 8.36. The lowest BCUT2D eigenvalue weighted by atomic mass is 9.81. The number of anilines is 1. The van der Waals surface area contributed by atoms with Crippen LogP contribution in [0, 0.1) is 23.7 Å². The van der Waals surface area contributed by atoms with Crippen LogP contribution in [0.5, 0.6) is 0 Å². The van der Waals surface area contributed by atoms with Crippen LogP contribution in [-0.4, -0.2) is 115 Å². The molecule has 0 aromatic heterocycles. The van der Waals surface area contributed by atoms with Crippen molar-refractivity contribution in [1.29, 1.82) is 0 Å². The van der Waals surface area contributed by atoms with Gasteiger partial charge in [0, 0.05) is 56.0 Å². The highest BCUT2D eigenvalue weighted by Gasteiger charge is 2.30. The molecule has 1 aliphatic rings. The highest BCUT2D eigenvalue weighted by molar-refractivity contribution is 5.97. The van der Waals surface area contributed by atoms with E-state index < -0.39 is 41.5 Å². The summed E-state index contributed by atoms with van der Waals surface area (Å²) in [5, 5.41) is 12.7. The van der Waals surface area contributed by atoms with E-state index in [-0.39, 0.29) is 61.7 Å². The van der Waals surface area contributed by atoms with Crippen LogP contribution in [0.4, 0.5) is 5.69 Å². The molecule has 384 valence electrons. The number of carbonyl (C=O) groups excluding carboxylic acids is 7. The van der Waals surface area contributed by atoms with Gasteiger partial charge in [-0.2, -0.15) is 0 Å². The summed E-state index contributed by atoms with van der Waals surface area (Å²) in [5.74, 6) is 5.02. The summed E-state index contributed by atoms with van der Waals surface area (Å²) in [4.78, 5) is 88.5. The number of hydrogen-bond acceptors (Lipinski definition) is 14. The first-order valence-electron chi connectivity index (χ1n) is 24.2. The molecule has 19 heteroatoms. The predicted octanol–water partition coefficient (Wildman–Crippen LogP) is 3.74. The highest BCUT2D eigenvalue weighted by Crippen LogP contribution is 2.30. The van der Waals surface area contributed by atoms with Crippen LogP contribution < -0.4 is 38.6 Å². The van der Waals surface area contributed by atoms with Crippen molar-refractivity contribution in [3.8, 4) is 0 Å². The molecule has 19 nitrogen and oxygen atoms in total. The summed E-state index contributed by atoms with van der Waals surface area (Å²) >= 11 is 0. The van der Waals surface area contributed by atoms with Crippen molar-refractivity contribution >= 4 is 47.6 Å². The monoisotopic (exact) mass is 958 g/mol. The Morgan fingerprint density at radius 2 is 1.57 bits per heavy atom. The van der Waals surface area contributed by atoms with E-state index in [1.54, 1.807) is 37.4 Å². The average molecular weight is 958 g/mol. The molecule has 0 aliphatic heterocycles. The van der Waals surface area contributed by atoms with E-state index in [0.717, 1.165) is 18.4 Å². The fourth-order valence-electron chi connectivity index (χ4n) is 7.20. The molecular weight excluding hydrogens is 875 g/mol. The van der Waals surface area contributed by atoms with Gasteiger partial charge in [0.15, 0.2) is 0 Å². The third kappa shape index (κ3) is 23.3. The summed E-state index contributed by atoms with van der Waals surface area (Å²) in [6.45, 7) is 16.5. The van der Waals surface area contributed by atoms with Crippen molar-refractivity contribution in [1.82, 2.24) is 25.9 Å². The van der Waals surface area contributed by atoms with E-state index in [4.69, 9.17) is 31.5 Å². The molecule has 1 aliphatic carbocycles. The van der Waals surface area contributed by atoms with Crippen LogP contribution in [0.3, 0.4) is 0 Å². The van der Waals surface area contributed by atoms with E-state index in [1.807, 2.05) is 34.6 Å². The molecule has 10 N–H and O–H groups in total. The Labute approximate surface area is 404 Å². The minimum Gasteiger partial charge on any atom is -0.461 e. The molecule has 2 atom stereocenters. The summed E-state index contributed by atoms with van der Waals surface area (Å²) < 4.78 is 16.7. The van der Waals surface area contributed by atoms with Gasteiger partial charge in [0.1, 0.15) is 25.9 Å². The quantitative estimate of drug-likeness (QED) is 0.0178. The second-order valence-electron chi connectivity index (χ2n) is 19.5. The molecule has 2 rings (SSSR count).